The lowest BCUT2D eigenvalue weighted by molar-refractivity contribution is -0.122. The minimum atomic E-state index is -0.981. The molecular formula is C12H18N2O2. The van der Waals surface area contributed by atoms with Gasteiger partial charge in [-0.1, -0.05) is 12.8 Å². The van der Waals surface area contributed by atoms with Gasteiger partial charge in [0.05, 0.1) is 6.10 Å². The molecule has 1 aliphatic rings. The number of nitrogens with zero attached hydrogens (tertiary/aromatic N) is 1. The van der Waals surface area contributed by atoms with Crippen LogP contribution >= 0.6 is 0 Å². The van der Waals surface area contributed by atoms with E-state index in [0.717, 1.165) is 19.3 Å². The van der Waals surface area contributed by atoms with Gasteiger partial charge in [-0.3, -0.25) is 4.98 Å². The molecule has 2 atom stereocenters. The van der Waals surface area contributed by atoms with Crippen molar-refractivity contribution >= 4 is 5.69 Å². The molecule has 0 spiro atoms. The Morgan fingerprint density at radius 3 is 3.06 bits per heavy atom. The van der Waals surface area contributed by atoms with E-state index in [2.05, 4.69) is 4.98 Å². The van der Waals surface area contributed by atoms with Gasteiger partial charge < -0.3 is 15.6 Å². The molecule has 16 heavy (non-hydrogen) atoms. The lowest BCUT2D eigenvalue weighted by Crippen LogP contribution is -2.43. The van der Waals surface area contributed by atoms with E-state index < -0.39 is 5.60 Å². The van der Waals surface area contributed by atoms with Gasteiger partial charge in [-0.15, -0.1) is 0 Å². The number of methoxy groups -OCH3 is 1. The summed E-state index contributed by atoms with van der Waals surface area (Å²) >= 11 is 0. The summed E-state index contributed by atoms with van der Waals surface area (Å²) in [6.45, 7) is 0. The van der Waals surface area contributed by atoms with E-state index in [9.17, 15) is 5.11 Å². The van der Waals surface area contributed by atoms with Crippen LogP contribution in [0, 0.1) is 0 Å². The minimum absolute atomic E-state index is 0.187. The van der Waals surface area contributed by atoms with Crippen LogP contribution in [0.3, 0.4) is 0 Å². The second-order valence-electron chi connectivity index (χ2n) is 4.36. The Labute approximate surface area is 95.4 Å². The van der Waals surface area contributed by atoms with Gasteiger partial charge in [-0.05, 0) is 18.9 Å². The van der Waals surface area contributed by atoms with Crippen molar-refractivity contribution in [3.63, 3.8) is 0 Å². The maximum atomic E-state index is 10.7. The molecule has 2 unspecified atom stereocenters. The molecule has 88 valence electrons. The van der Waals surface area contributed by atoms with Gasteiger partial charge in [0.25, 0.3) is 0 Å². The first-order valence-corrected chi connectivity index (χ1v) is 5.63. The fourth-order valence-electron chi connectivity index (χ4n) is 2.51. The lowest BCUT2D eigenvalue weighted by Gasteiger charge is -2.39. The number of nitrogen functional groups attached to an aromatic ring is 1. The molecule has 1 aromatic rings. The van der Waals surface area contributed by atoms with Gasteiger partial charge >= 0.3 is 0 Å². The minimum Gasteiger partial charge on any atom is -0.398 e. The van der Waals surface area contributed by atoms with Gasteiger partial charge in [-0.2, -0.15) is 0 Å². The number of aromatic nitrogens is 1. The smallest absolute Gasteiger partial charge is 0.119 e. The van der Waals surface area contributed by atoms with E-state index in [1.54, 1.807) is 25.6 Å². The highest BCUT2D eigenvalue weighted by atomic mass is 16.5. The average Bonchev–Trinajstić information content (AvgIpc) is 2.30. The summed E-state index contributed by atoms with van der Waals surface area (Å²) in [4.78, 5) is 4.04. The highest BCUT2D eigenvalue weighted by Gasteiger charge is 2.42. The maximum absolute atomic E-state index is 10.7. The second-order valence-corrected chi connectivity index (χ2v) is 4.36. The fraction of sp³-hybridized carbons (Fsp3) is 0.583. The third-order valence-corrected chi connectivity index (χ3v) is 3.41. The zero-order valence-electron chi connectivity index (χ0n) is 9.52. The fourth-order valence-corrected chi connectivity index (χ4v) is 2.51. The monoisotopic (exact) mass is 222 g/mol. The van der Waals surface area contributed by atoms with Crippen molar-refractivity contribution in [2.45, 2.75) is 37.4 Å². The first-order valence-electron chi connectivity index (χ1n) is 5.63. The molecule has 2 rings (SSSR count). The van der Waals surface area contributed by atoms with E-state index in [-0.39, 0.29) is 6.10 Å². The van der Waals surface area contributed by atoms with E-state index in [1.165, 1.54) is 0 Å². The summed E-state index contributed by atoms with van der Waals surface area (Å²) in [6.07, 6.45) is 6.71. The van der Waals surface area contributed by atoms with E-state index in [0.29, 0.717) is 17.7 Å². The van der Waals surface area contributed by atoms with Gasteiger partial charge in [0.15, 0.2) is 0 Å². The largest absolute Gasteiger partial charge is 0.398 e. The number of hydrogen-bond donors (Lipinski definition) is 2. The summed E-state index contributed by atoms with van der Waals surface area (Å²) in [5.74, 6) is 0. The van der Waals surface area contributed by atoms with E-state index >= 15 is 0 Å². The molecule has 1 aliphatic carbocycles. The van der Waals surface area contributed by atoms with Gasteiger partial charge in [0, 0.05) is 30.8 Å². The molecular weight excluding hydrogens is 204 g/mol. The molecule has 0 bridgehead atoms. The summed E-state index contributed by atoms with van der Waals surface area (Å²) in [5, 5.41) is 10.7. The first kappa shape index (κ1) is 11.4. The quantitative estimate of drug-likeness (QED) is 0.794. The van der Waals surface area contributed by atoms with Crippen molar-refractivity contribution in [3.05, 3.63) is 24.0 Å². The highest BCUT2D eigenvalue weighted by Crippen LogP contribution is 2.40. The predicted molar refractivity (Wildman–Crippen MR) is 61.8 cm³/mol. The van der Waals surface area contributed by atoms with Crippen LogP contribution in [-0.4, -0.2) is 23.3 Å². The molecule has 4 heteroatoms. The van der Waals surface area contributed by atoms with Crippen molar-refractivity contribution in [2.75, 3.05) is 12.8 Å². The Hall–Kier alpha value is -1.13. The van der Waals surface area contributed by atoms with Crippen LogP contribution in [0.25, 0.3) is 0 Å². The molecule has 4 nitrogen and oxygen atoms in total. The average molecular weight is 222 g/mol. The van der Waals surface area contributed by atoms with Crippen LogP contribution in [0.2, 0.25) is 0 Å². The summed E-state index contributed by atoms with van der Waals surface area (Å²) in [7, 11) is 1.63. The van der Waals surface area contributed by atoms with Crippen molar-refractivity contribution < 1.29 is 9.84 Å². The normalized spacial score (nSPS) is 30.2. The van der Waals surface area contributed by atoms with Crippen molar-refractivity contribution in [1.29, 1.82) is 0 Å². The number of pyridine rings is 1. The zero-order valence-corrected chi connectivity index (χ0v) is 9.52. The number of anilines is 1. The molecule has 1 heterocycles. The van der Waals surface area contributed by atoms with Crippen LogP contribution in [0.5, 0.6) is 0 Å². The second kappa shape index (κ2) is 4.39. The van der Waals surface area contributed by atoms with Crippen molar-refractivity contribution in [2.24, 2.45) is 0 Å². The molecule has 0 aliphatic heterocycles. The number of rotatable bonds is 2. The summed E-state index contributed by atoms with van der Waals surface area (Å²) < 4.78 is 5.38. The molecule has 1 aromatic heterocycles. The van der Waals surface area contributed by atoms with E-state index in [1.807, 2.05) is 0 Å². The number of ether oxygens (including phenoxy) is 1. The molecule has 0 aromatic carbocycles. The molecule has 3 N–H and O–H groups in total. The van der Waals surface area contributed by atoms with Crippen LogP contribution in [-0.2, 0) is 10.3 Å². The van der Waals surface area contributed by atoms with Crippen molar-refractivity contribution in [1.82, 2.24) is 4.98 Å². The number of hydrogen-bond acceptors (Lipinski definition) is 4. The van der Waals surface area contributed by atoms with Crippen LogP contribution in [0.4, 0.5) is 5.69 Å². The highest BCUT2D eigenvalue weighted by molar-refractivity contribution is 5.48. The summed E-state index contributed by atoms with van der Waals surface area (Å²) in [5.41, 5.74) is 6.20. The van der Waals surface area contributed by atoms with E-state index in [4.69, 9.17) is 10.5 Å². The standard InChI is InChI=1S/C12H18N2O2/c1-16-11-4-2-3-6-12(11,15)9-8-14-7-5-10(9)13/h5,7-8,11,15H,2-4,6H2,1H3,(H2,13,14). The van der Waals surface area contributed by atoms with Crippen LogP contribution < -0.4 is 5.73 Å². The van der Waals surface area contributed by atoms with Crippen LogP contribution in [0.1, 0.15) is 31.2 Å². The zero-order chi connectivity index (χ0) is 11.6. The Morgan fingerprint density at radius 2 is 2.38 bits per heavy atom. The lowest BCUT2D eigenvalue weighted by atomic mass is 9.77. The van der Waals surface area contributed by atoms with Crippen molar-refractivity contribution in [3.8, 4) is 0 Å². The first-order chi connectivity index (χ1) is 7.68. The molecule has 0 amide bonds. The predicted octanol–water partition coefficient (Wildman–Crippen LogP) is 1.44. The third kappa shape index (κ3) is 1.79. The molecule has 1 fully saturated rings. The summed E-state index contributed by atoms with van der Waals surface area (Å²) in [6, 6.07) is 1.72. The van der Waals surface area contributed by atoms with Gasteiger partial charge in [-0.25, -0.2) is 0 Å². The van der Waals surface area contributed by atoms with Gasteiger partial charge in [0.1, 0.15) is 5.60 Å². The molecule has 0 saturated heterocycles. The SMILES string of the molecule is COC1CCCCC1(O)c1cnccc1N. The Kier molecular flexibility index (Phi) is 3.12. The number of aliphatic hydroxyl groups is 1. The molecule has 0 radical (unpaired) electrons. The Balaban J connectivity index is 2.39. The topological polar surface area (TPSA) is 68.4 Å². The van der Waals surface area contributed by atoms with Crippen LogP contribution in [0.15, 0.2) is 18.5 Å². The third-order valence-electron chi connectivity index (χ3n) is 3.41. The van der Waals surface area contributed by atoms with Gasteiger partial charge in [0.2, 0.25) is 0 Å². The Morgan fingerprint density at radius 1 is 1.56 bits per heavy atom. The maximum Gasteiger partial charge on any atom is 0.119 e. The number of nitrogens with two attached hydrogens (primary N) is 1. The Bertz CT molecular complexity index is 370. The molecule has 1 saturated carbocycles.